The molecule has 5 nitrogen and oxygen atoms in total. The molecule has 5 heteroatoms. The summed E-state index contributed by atoms with van der Waals surface area (Å²) in [6, 6.07) is 5.33. The molecule has 4 aliphatic rings. The van der Waals surface area contributed by atoms with Crippen LogP contribution in [0, 0.1) is 23.7 Å². The van der Waals surface area contributed by atoms with Crippen LogP contribution in [0.25, 0.3) is 0 Å². The van der Waals surface area contributed by atoms with E-state index in [1.54, 1.807) is 18.2 Å². The van der Waals surface area contributed by atoms with E-state index in [1.165, 1.54) is 4.90 Å². The first-order chi connectivity index (χ1) is 10.7. The monoisotopic (exact) mass is 299 g/mol. The SMILES string of the molecule is O=C1[C@H]2[C@@H]3CC[C@@H](C3)[C@@H]2C(=O)N1c1ccc2c(c1)OCCO2. The number of rotatable bonds is 1. The zero-order valence-corrected chi connectivity index (χ0v) is 12.2. The molecule has 2 aliphatic carbocycles. The zero-order chi connectivity index (χ0) is 14.8. The fraction of sp³-hybridized carbons (Fsp3) is 0.529. The van der Waals surface area contributed by atoms with Crippen LogP contribution in [0.1, 0.15) is 19.3 Å². The third kappa shape index (κ3) is 1.49. The summed E-state index contributed by atoms with van der Waals surface area (Å²) in [5.41, 5.74) is 0.619. The van der Waals surface area contributed by atoms with E-state index in [0.717, 1.165) is 19.3 Å². The summed E-state index contributed by atoms with van der Waals surface area (Å²) < 4.78 is 11.1. The van der Waals surface area contributed by atoms with Crippen LogP contribution in [-0.4, -0.2) is 25.0 Å². The van der Waals surface area contributed by atoms with Gasteiger partial charge < -0.3 is 9.47 Å². The molecule has 1 saturated heterocycles. The Bertz CT molecular complexity index is 657. The van der Waals surface area contributed by atoms with Crippen LogP contribution in [0.2, 0.25) is 0 Å². The van der Waals surface area contributed by atoms with Crippen molar-refractivity contribution in [2.24, 2.45) is 23.7 Å². The van der Waals surface area contributed by atoms with Gasteiger partial charge in [0.15, 0.2) is 11.5 Å². The molecule has 1 aromatic carbocycles. The molecule has 2 amide bonds. The smallest absolute Gasteiger partial charge is 0.237 e. The van der Waals surface area contributed by atoms with E-state index in [-0.39, 0.29) is 23.7 Å². The van der Waals surface area contributed by atoms with Gasteiger partial charge in [-0.25, -0.2) is 4.90 Å². The second kappa shape index (κ2) is 4.24. The Balaban J connectivity index is 1.53. The summed E-state index contributed by atoms with van der Waals surface area (Å²) in [5, 5.41) is 0. The average Bonchev–Trinajstić information content (AvgIpc) is 3.21. The van der Waals surface area contributed by atoms with E-state index in [9.17, 15) is 9.59 Å². The third-order valence-corrected chi connectivity index (χ3v) is 5.71. The maximum atomic E-state index is 12.8. The lowest BCUT2D eigenvalue weighted by molar-refractivity contribution is -0.123. The van der Waals surface area contributed by atoms with Gasteiger partial charge in [0.1, 0.15) is 13.2 Å². The van der Waals surface area contributed by atoms with Crippen molar-refractivity contribution in [3.63, 3.8) is 0 Å². The van der Waals surface area contributed by atoms with Gasteiger partial charge in [0.25, 0.3) is 0 Å². The maximum absolute atomic E-state index is 12.8. The first-order valence-electron chi connectivity index (χ1n) is 8.01. The summed E-state index contributed by atoms with van der Waals surface area (Å²) in [4.78, 5) is 27.0. The summed E-state index contributed by atoms with van der Waals surface area (Å²) in [7, 11) is 0. The Labute approximate surface area is 128 Å². The van der Waals surface area contributed by atoms with Crippen molar-refractivity contribution in [2.75, 3.05) is 18.1 Å². The molecule has 4 atom stereocenters. The fourth-order valence-electron chi connectivity index (χ4n) is 4.83. The minimum Gasteiger partial charge on any atom is -0.486 e. The molecular weight excluding hydrogens is 282 g/mol. The molecule has 0 unspecified atom stereocenters. The Morgan fingerprint density at radius 1 is 0.909 bits per heavy atom. The summed E-state index contributed by atoms with van der Waals surface area (Å²) in [6.45, 7) is 1.02. The standard InChI is InChI=1S/C17H17NO4/c19-16-14-9-1-2-10(7-9)15(14)17(20)18(16)11-3-4-12-13(8-11)22-6-5-21-12/h3-4,8-10,14-15H,1-2,5-7H2/t9-,10+,14-,15-/m0/s1. The molecule has 3 fully saturated rings. The first kappa shape index (κ1) is 12.5. The van der Waals surface area contributed by atoms with Gasteiger partial charge in [0.2, 0.25) is 11.8 Å². The van der Waals surface area contributed by atoms with Gasteiger partial charge in [0, 0.05) is 6.07 Å². The average molecular weight is 299 g/mol. The number of anilines is 1. The van der Waals surface area contributed by atoms with Gasteiger partial charge in [0.05, 0.1) is 17.5 Å². The number of amides is 2. The Hall–Kier alpha value is -2.04. The minimum absolute atomic E-state index is 0.0149. The molecule has 0 aromatic heterocycles. The predicted octanol–water partition coefficient (Wildman–Crippen LogP) is 1.99. The molecule has 22 heavy (non-hydrogen) atoms. The van der Waals surface area contributed by atoms with Crippen LogP contribution < -0.4 is 14.4 Å². The van der Waals surface area contributed by atoms with Crippen molar-refractivity contribution in [2.45, 2.75) is 19.3 Å². The minimum atomic E-state index is -0.0838. The lowest BCUT2D eigenvalue weighted by atomic mass is 9.81. The van der Waals surface area contributed by atoms with E-state index >= 15 is 0 Å². The first-order valence-corrected chi connectivity index (χ1v) is 8.01. The number of ether oxygens (including phenoxy) is 2. The molecular formula is C17H17NO4. The van der Waals surface area contributed by atoms with Crippen LogP contribution in [0.4, 0.5) is 5.69 Å². The highest BCUT2D eigenvalue weighted by atomic mass is 16.6. The number of carbonyl (C=O) groups is 2. The predicted molar refractivity (Wildman–Crippen MR) is 77.7 cm³/mol. The molecule has 114 valence electrons. The number of carbonyl (C=O) groups excluding carboxylic acids is 2. The number of imide groups is 1. The van der Waals surface area contributed by atoms with Crippen LogP contribution in [-0.2, 0) is 9.59 Å². The van der Waals surface area contributed by atoms with Gasteiger partial charge in [-0.1, -0.05) is 0 Å². The Morgan fingerprint density at radius 3 is 2.23 bits per heavy atom. The van der Waals surface area contributed by atoms with E-state index in [4.69, 9.17) is 9.47 Å². The van der Waals surface area contributed by atoms with Gasteiger partial charge in [-0.05, 0) is 43.2 Å². The summed E-state index contributed by atoms with van der Waals surface area (Å²) in [6.07, 6.45) is 3.25. The number of fused-ring (bicyclic) bond motifs is 6. The molecule has 2 heterocycles. The second-order valence-electron chi connectivity index (χ2n) is 6.72. The van der Waals surface area contributed by atoms with Gasteiger partial charge >= 0.3 is 0 Å². The molecule has 0 radical (unpaired) electrons. The van der Waals surface area contributed by atoms with Crippen molar-refractivity contribution in [1.82, 2.24) is 0 Å². The van der Waals surface area contributed by atoms with Crippen LogP contribution in [0.3, 0.4) is 0 Å². The van der Waals surface area contributed by atoms with Gasteiger partial charge in [-0.3, -0.25) is 9.59 Å². The number of hydrogen-bond donors (Lipinski definition) is 0. The number of hydrogen-bond acceptors (Lipinski definition) is 4. The fourth-order valence-corrected chi connectivity index (χ4v) is 4.83. The zero-order valence-electron chi connectivity index (χ0n) is 12.2. The molecule has 2 saturated carbocycles. The van der Waals surface area contributed by atoms with Gasteiger partial charge in [-0.2, -0.15) is 0 Å². The third-order valence-electron chi connectivity index (χ3n) is 5.71. The van der Waals surface area contributed by atoms with Gasteiger partial charge in [-0.15, -0.1) is 0 Å². The highest BCUT2D eigenvalue weighted by Gasteiger charge is 2.61. The van der Waals surface area contributed by atoms with E-state index < -0.39 is 0 Å². The van der Waals surface area contributed by atoms with Crippen molar-refractivity contribution < 1.29 is 19.1 Å². The van der Waals surface area contributed by atoms with E-state index in [0.29, 0.717) is 42.2 Å². The van der Waals surface area contributed by atoms with Crippen molar-refractivity contribution in [3.05, 3.63) is 18.2 Å². The largest absolute Gasteiger partial charge is 0.486 e. The topological polar surface area (TPSA) is 55.8 Å². The highest BCUT2D eigenvalue weighted by Crippen LogP contribution is 2.56. The van der Waals surface area contributed by atoms with Crippen LogP contribution in [0.15, 0.2) is 18.2 Å². The van der Waals surface area contributed by atoms with Crippen molar-refractivity contribution in [3.8, 4) is 11.5 Å². The molecule has 1 aromatic rings. The van der Waals surface area contributed by atoms with E-state index in [2.05, 4.69) is 0 Å². The quantitative estimate of drug-likeness (QED) is 0.744. The molecule has 5 rings (SSSR count). The summed E-state index contributed by atoms with van der Waals surface area (Å²) >= 11 is 0. The number of benzene rings is 1. The molecule has 2 aliphatic heterocycles. The van der Waals surface area contributed by atoms with Crippen molar-refractivity contribution >= 4 is 17.5 Å². The number of nitrogens with zero attached hydrogens (tertiary/aromatic N) is 1. The van der Waals surface area contributed by atoms with Crippen LogP contribution in [0.5, 0.6) is 11.5 Å². The second-order valence-corrected chi connectivity index (χ2v) is 6.72. The molecule has 2 bridgehead atoms. The highest BCUT2D eigenvalue weighted by molar-refractivity contribution is 6.22. The van der Waals surface area contributed by atoms with Crippen molar-refractivity contribution in [1.29, 1.82) is 0 Å². The maximum Gasteiger partial charge on any atom is 0.237 e. The molecule has 0 N–H and O–H groups in total. The molecule has 0 spiro atoms. The summed E-state index contributed by atoms with van der Waals surface area (Å²) in [5.74, 6) is 1.91. The normalized spacial score (nSPS) is 35.2. The Morgan fingerprint density at radius 2 is 1.55 bits per heavy atom. The van der Waals surface area contributed by atoms with E-state index in [1.807, 2.05) is 0 Å². The van der Waals surface area contributed by atoms with Crippen LogP contribution >= 0.6 is 0 Å². The lowest BCUT2D eigenvalue weighted by Gasteiger charge is -2.22. The lowest BCUT2D eigenvalue weighted by Crippen LogP contribution is -2.32. The Kier molecular flexibility index (Phi) is 2.41.